The number of nitrogens with one attached hydrogen (secondary N) is 1. The van der Waals surface area contributed by atoms with Gasteiger partial charge in [0.05, 0.1) is 20.3 Å². The first-order valence-electron chi connectivity index (χ1n) is 10.1. The van der Waals surface area contributed by atoms with Crippen molar-refractivity contribution in [2.45, 2.75) is 49.2 Å². The van der Waals surface area contributed by atoms with E-state index in [0.29, 0.717) is 28.4 Å². The van der Waals surface area contributed by atoms with Gasteiger partial charge in [-0.25, -0.2) is 9.79 Å². The third-order valence-electron chi connectivity index (χ3n) is 4.52. The van der Waals surface area contributed by atoms with Crippen LogP contribution in [0.3, 0.4) is 0 Å². The molecule has 1 heterocycles. The number of carbonyl (C=O) groups excluding carboxylic acids is 1. The highest BCUT2D eigenvalue weighted by atomic mass is 35.6. The number of carbonyl (C=O) groups is 1. The summed E-state index contributed by atoms with van der Waals surface area (Å²) in [5.41, 5.74) is 0.546. The van der Waals surface area contributed by atoms with Crippen LogP contribution >= 0.6 is 34.8 Å². The number of halogens is 3. The average Bonchev–Trinajstić information content (AvgIpc) is 2.70. The van der Waals surface area contributed by atoms with Crippen molar-refractivity contribution in [2.75, 3.05) is 27.4 Å². The standard InChI is InChI=1S/C22H29Cl3N2O6/c1-8-9-31-17-12(2)18(30-7)15(29-6)10-13(17)16-14(26-20(28)33-21(3,4)5)11-32-19(27-16)22(23,24)25/h8,10,14,16H,1,9,11H2,2-7H3,(H,26,28)/t14-,16+/m1/s1. The van der Waals surface area contributed by atoms with Gasteiger partial charge in [-0.2, -0.15) is 0 Å². The lowest BCUT2D eigenvalue weighted by molar-refractivity contribution is 0.0464. The SMILES string of the molecule is C=CCOc1c([C@@H]2N=C(C(Cl)(Cl)Cl)OC[C@H]2NC(=O)OC(C)(C)C)cc(OC)c(OC)c1C. The van der Waals surface area contributed by atoms with Crippen molar-refractivity contribution < 1.29 is 28.5 Å². The van der Waals surface area contributed by atoms with Gasteiger partial charge in [0.25, 0.3) is 3.79 Å². The van der Waals surface area contributed by atoms with Crippen LogP contribution in [0, 0.1) is 6.92 Å². The van der Waals surface area contributed by atoms with Gasteiger partial charge in [0.2, 0.25) is 5.90 Å². The fraction of sp³-hybridized carbons (Fsp3) is 0.545. The summed E-state index contributed by atoms with van der Waals surface area (Å²) in [6.45, 7) is 11.0. The summed E-state index contributed by atoms with van der Waals surface area (Å²) >= 11 is 18.1. The molecule has 0 unspecified atom stereocenters. The first-order valence-corrected chi connectivity index (χ1v) is 11.2. The molecule has 2 rings (SSSR count). The van der Waals surface area contributed by atoms with Crippen molar-refractivity contribution >= 4 is 46.8 Å². The van der Waals surface area contributed by atoms with E-state index in [-0.39, 0.29) is 19.1 Å². The zero-order chi connectivity index (χ0) is 25.0. The summed E-state index contributed by atoms with van der Waals surface area (Å²) < 4.78 is 26.0. The first kappa shape index (κ1) is 27.2. The molecule has 1 amide bonds. The molecular weight excluding hydrogens is 495 g/mol. The number of hydrogen-bond acceptors (Lipinski definition) is 7. The molecule has 0 bridgehead atoms. The molecular formula is C22H29Cl3N2O6. The van der Waals surface area contributed by atoms with Crippen molar-refractivity contribution in [1.29, 1.82) is 0 Å². The Kier molecular flexibility index (Phi) is 9.01. The Bertz CT molecular complexity index is 909. The lowest BCUT2D eigenvalue weighted by atomic mass is 9.95. The van der Waals surface area contributed by atoms with Gasteiger partial charge in [-0.3, -0.25) is 0 Å². The van der Waals surface area contributed by atoms with E-state index in [4.69, 9.17) is 58.5 Å². The number of alkyl halides is 3. The summed E-state index contributed by atoms with van der Waals surface area (Å²) in [6, 6.07) is 0.290. The van der Waals surface area contributed by atoms with Crippen molar-refractivity contribution in [3.05, 3.63) is 29.8 Å². The van der Waals surface area contributed by atoms with Crippen molar-refractivity contribution in [3.63, 3.8) is 0 Å². The molecule has 0 fully saturated rings. The maximum Gasteiger partial charge on any atom is 0.408 e. The Balaban J connectivity index is 2.64. The summed E-state index contributed by atoms with van der Waals surface area (Å²) in [5, 5.41) is 2.79. The predicted octanol–water partition coefficient (Wildman–Crippen LogP) is 5.31. The van der Waals surface area contributed by atoms with E-state index in [1.54, 1.807) is 32.9 Å². The minimum atomic E-state index is -1.90. The van der Waals surface area contributed by atoms with Crippen LogP contribution in [0.5, 0.6) is 17.2 Å². The molecule has 0 radical (unpaired) electrons. The molecule has 184 valence electrons. The molecule has 0 saturated heterocycles. The number of methoxy groups -OCH3 is 2. The topological polar surface area (TPSA) is 87.6 Å². The number of rotatable bonds is 7. The number of ether oxygens (including phenoxy) is 5. The van der Waals surface area contributed by atoms with Crippen LogP contribution in [0.25, 0.3) is 0 Å². The molecule has 1 aliphatic heterocycles. The van der Waals surface area contributed by atoms with Crippen LogP contribution in [0.4, 0.5) is 4.79 Å². The number of nitrogens with zero attached hydrogens (tertiary/aromatic N) is 1. The average molecular weight is 524 g/mol. The van der Waals surface area contributed by atoms with Gasteiger partial charge in [-0.15, -0.1) is 0 Å². The highest BCUT2D eigenvalue weighted by molar-refractivity contribution is 6.76. The van der Waals surface area contributed by atoms with E-state index in [1.165, 1.54) is 14.2 Å². The summed E-state index contributed by atoms with van der Waals surface area (Å²) in [7, 11) is 3.05. The maximum absolute atomic E-state index is 12.5. The number of alkyl carbamates (subject to hydrolysis) is 1. The number of aliphatic imine (C=N–C) groups is 1. The molecule has 0 aliphatic carbocycles. The summed E-state index contributed by atoms with van der Waals surface area (Å²) in [5.74, 6) is 1.31. The van der Waals surface area contributed by atoms with Crippen LogP contribution in [0.15, 0.2) is 23.7 Å². The smallest absolute Gasteiger partial charge is 0.408 e. The number of benzene rings is 1. The van der Waals surface area contributed by atoms with Crippen LogP contribution in [-0.2, 0) is 9.47 Å². The van der Waals surface area contributed by atoms with E-state index >= 15 is 0 Å². The third-order valence-corrected chi connectivity index (χ3v) is 5.01. The second-order valence-corrected chi connectivity index (χ2v) is 10.5. The minimum Gasteiger partial charge on any atom is -0.493 e. The Morgan fingerprint density at radius 1 is 1.27 bits per heavy atom. The molecule has 0 spiro atoms. The normalized spacial score (nSPS) is 18.5. The molecule has 1 aromatic carbocycles. The molecule has 0 saturated carbocycles. The molecule has 8 nitrogen and oxygen atoms in total. The van der Waals surface area contributed by atoms with Gasteiger partial charge in [0, 0.05) is 11.1 Å². The monoisotopic (exact) mass is 522 g/mol. The van der Waals surface area contributed by atoms with E-state index in [2.05, 4.69) is 16.9 Å². The van der Waals surface area contributed by atoms with Gasteiger partial charge in [0.15, 0.2) is 11.5 Å². The number of amides is 1. The molecule has 1 N–H and O–H groups in total. The Labute approximate surface area is 209 Å². The Morgan fingerprint density at radius 3 is 2.45 bits per heavy atom. The largest absolute Gasteiger partial charge is 0.493 e. The van der Waals surface area contributed by atoms with Crippen molar-refractivity contribution in [3.8, 4) is 17.2 Å². The van der Waals surface area contributed by atoms with Gasteiger partial charge >= 0.3 is 6.09 Å². The quantitative estimate of drug-likeness (QED) is 0.385. The van der Waals surface area contributed by atoms with Crippen molar-refractivity contribution in [2.24, 2.45) is 4.99 Å². The number of hydrogen-bond donors (Lipinski definition) is 1. The van der Waals surface area contributed by atoms with Gasteiger partial charge in [-0.05, 0) is 33.8 Å². The minimum absolute atomic E-state index is 0.0229. The van der Waals surface area contributed by atoms with Gasteiger partial charge in [0.1, 0.15) is 30.6 Å². The summed E-state index contributed by atoms with van der Waals surface area (Å²) in [6.07, 6.45) is 0.968. The molecule has 0 aromatic heterocycles. The first-order chi connectivity index (χ1) is 15.3. The van der Waals surface area contributed by atoms with Gasteiger partial charge in [-0.1, -0.05) is 47.5 Å². The fourth-order valence-corrected chi connectivity index (χ4v) is 3.58. The predicted molar refractivity (Wildman–Crippen MR) is 130 cm³/mol. The molecule has 1 aromatic rings. The zero-order valence-corrected chi connectivity index (χ0v) is 21.7. The Morgan fingerprint density at radius 2 is 1.94 bits per heavy atom. The molecule has 33 heavy (non-hydrogen) atoms. The highest BCUT2D eigenvalue weighted by Gasteiger charge is 2.40. The van der Waals surface area contributed by atoms with Crippen LogP contribution < -0.4 is 19.5 Å². The van der Waals surface area contributed by atoms with Crippen LogP contribution in [0.1, 0.15) is 37.9 Å². The lowest BCUT2D eigenvalue weighted by Gasteiger charge is -2.34. The van der Waals surface area contributed by atoms with Crippen LogP contribution in [0.2, 0.25) is 0 Å². The fourth-order valence-electron chi connectivity index (χ4n) is 3.27. The van der Waals surface area contributed by atoms with E-state index < -0.39 is 27.6 Å². The molecule has 2 atom stereocenters. The lowest BCUT2D eigenvalue weighted by Crippen LogP contribution is -2.48. The summed E-state index contributed by atoms with van der Waals surface area (Å²) in [4.78, 5) is 17.0. The zero-order valence-electron chi connectivity index (χ0n) is 19.5. The van der Waals surface area contributed by atoms with Crippen LogP contribution in [-0.4, -0.2) is 54.9 Å². The van der Waals surface area contributed by atoms with Crippen molar-refractivity contribution in [1.82, 2.24) is 5.32 Å². The maximum atomic E-state index is 12.5. The second kappa shape index (κ2) is 10.9. The molecule has 11 heteroatoms. The Hall–Kier alpha value is -2.03. The van der Waals surface area contributed by atoms with E-state index in [9.17, 15) is 4.79 Å². The van der Waals surface area contributed by atoms with Gasteiger partial charge < -0.3 is 29.0 Å². The van der Waals surface area contributed by atoms with E-state index in [0.717, 1.165) is 0 Å². The third kappa shape index (κ3) is 6.98. The van der Waals surface area contributed by atoms with E-state index in [1.807, 2.05) is 6.92 Å². The molecule has 1 aliphatic rings. The second-order valence-electron chi connectivity index (χ2n) is 8.20. The highest BCUT2D eigenvalue weighted by Crippen LogP contribution is 2.45.